The van der Waals surface area contributed by atoms with Gasteiger partial charge in [0.15, 0.2) is 0 Å². The number of aldehydes is 1. The van der Waals surface area contributed by atoms with Gasteiger partial charge in [0, 0.05) is 5.56 Å². The molecule has 0 atom stereocenters. The molecule has 3 rings (SSSR count). The average Bonchev–Trinajstić information content (AvgIpc) is 2.48. The van der Waals surface area contributed by atoms with Gasteiger partial charge in [0.2, 0.25) is 0 Å². The Bertz CT molecular complexity index is 627. The lowest BCUT2D eigenvalue weighted by Crippen LogP contribution is -2.02. The monoisotopic (exact) mass is 250 g/mol. The molecule has 0 heterocycles. The van der Waals surface area contributed by atoms with Gasteiger partial charge in [-0.3, -0.25) is 4.79 Å². The molecule has 2 aromatic rings. The number of benzene rings is 2. The summed E-state index contributed by atoms with van der Waals surface area (Å²) in [4.78, 5) is 10.8. The highest BCUT2D eigenvalue weighted by molar-refractivity contribution is 5.84. The first kappa shape index (κ1) is 11.7. The van der Waals surface area contributed by atoms with Crippen LogP contribution in [0.15, 0.2) is 54.1 Å². The van der Waals surface area contributed by atoms with Crippen LogP contribution in [0.5, 0.6) is 11.5 Å². The first-order valence-electron chi connectivity index (χ1n) is 6.37. The van der Waals surface area contributed by atoms with Crippen LogP contribution in [0.4, 0.5) is 0 Å². The molecule has 1 aliphatic carbocycles. The van der Waals surface area contributed by atoms with Crippen LogP contribution >= 0.6 is 0 Å². The number of rotatable bonds is 3. The van der Waals surface area contributed by atoms with E-state index in [0.717, 1.165) is 41.8 Å². The van der Waals surface area contributed by atoms with Crippen molar-refractivity contribution in [2.24, 2.45) is 0 Å². The minimum atomic E-state index is 0.783. The fraction of sp³-hybridized carbons (Fsp3) is 0.118. The average molecular weight is 250 g/mol. The van der Waals surface area contributed by atoms with Crippen LogP contribution in [-0.4, -0.2) is 6.29 Å². The van der Waals surface area contributed by atoms with E-state index in [-0.39, 0.29) is 0 Å². The van der Waals surface area contributed by atoms with Crippen molar-refractivity contribution in [1.29, 1.82) is 0 Å². The number of hydrogen-bond acceptors (Lipinski definition) is 2. The van der Waals surface area contributed by atoms with Gasteiger partial charge in [-0.1, -0.05) is 30.3 Å². The standard InChI is InChI=1S/C17H14O2/c18-12-13-9-10-16-14(11-13)5-4-8-17(16)19-15-6-2-1-3-7-15/h1-8,11-12H,9-10H2. The van der Waals surface area contributed by atoms with Crippen LogP contribution in [0.25, 0.3) is 6.08 Å². The molecule has 94 valence electrons. The predicted molar refractivity (Wildman–Crippen MR) is 75.3 cm³/mol. The molecule has 0 aliphatic heterocycles. The van der Waals surface area contributed by atoms with Crippen molar-refractivity contribution < 1.29 is 9.53 Å². The fourth-order valence-electron chi connectivity index (χ4n) is 2.33. The molecule has 0 aromatic heterocycles. The molecule has 2 aromatic carbocycles. The van der Waals surface area contributed by atoms with Crippen LogP contribution in [0.2, 0.25) is 0 Å². The highest BCUT2D eigenvalue weighted by Gasteiger charge is 2.14. The Kier molecular flexibility index (Phi) is 3.15. The zero-order valence-corrected chi connectivity index (χ0v) is 10.5. The molecule has 0 amide bonds. The number of para-hydroxylation sites is 1. The third-order valence-electron chi connectivity index (χ3n) is 3.30. The Morgan fingerprint density at radius 1 is 0.947 bits per heavy atom. The van der Waals surface area contributed by atoms with Crippen molar-refractivity contribution in [2.45, 2.75) is 12.8 Å². The normalized spacial score (nSPS) is 13.4. The van der Waals surface area contributed by atoms with Crippen LogP contribution in [-0.2, 0) is 11.2 Å². The Hall–Kier alpha value is -2.35. The number of hydrogen-bond donors (Lipinski definition) is 0. The summed E-state index contributed by atoms with van der Waals surface area (Å²) in [5.74, 6) is 1.71. The highest BCUT2D eigenvalue weighted by atomic mass is 16.5. The highest BCUT2D eigenvalue weighted by Crippen LogP contribution is 2.33. The van der Waals surface area contributed by atoms with E-state index in [1.54, 1.807) is 0 Å². The van der Waals surface area contributed by atoms with E-state index in [1.165, 1.54) is 5.56 Å². The first-order valence-corrected chi connectivity index (χ1v) is 6.37. The van der Waals surface area contributed by atoms with E-state index >= 15 is 0 Å². The molecule has 0 saturated heterocycles. The molecule has 2 heteroatoms. The van der Waals surface area contributed by atoms with Gasteiger partial charge in [-0.05, 0) is 48.3 Å². The molecule has 0 fully saturated rings. The van der Waals surface area contributed by atoms with E-state index < -0.39 is 0 Å². The molecular formula is C17H14O2. The number of ether oxygens (including phenoxy) is 1. The molecule has 1 aliphatic rings. The van der Waals surface area contributed by atoms with Crippen molar-refractivity contribution in [3.8, 4) is 11.5 Å². The van der Waals surface area contributed by atoms with E-state index in [1.807, 2.05) is 54.6 Å². The number of fused-ring (bicyclic) bond motifs is 1. The SMILES string of the molecule is O=CC1=Cc2cccc(Oc3ccccc3)c2CC1. The first-order chi connectivity index (χ1) is 9.36. The smallest absolute Gasteiger partial charge is 0.146 e. The second-order valence-electron chi connectivity index (χ2n) is 4.58. The summed E-state index contributed by atoms with van der Waals surface area (Å²) >= 11 is 0. The molecule has 2 nitrogen and oxygen atoms in total. The second-order valence-corrected chi connectivity index (χ2v) is 4.58. The molecule has 0 spiro atoms. The van der Waals surface area contributed by atoms with Gasteiger partial charge in [-0.2, -0.15) is 0 Å². The fourth-order valence-corrected chi connectivity index (χ4v) is 2.33. The van der Waals surface area contributed by atoms with Crippen LogP contribution < -0.4 is 4.74 Å². The van der Waals surface area contributed by atoms with Crippen LogP contribution in [0, 0.1) is 0 Å². The van der Waals surface area contributed by atoms with Crippen molar-refractivity contribution >= 4 is 12.4 Å². The molecule has 0 unspecified atom stereocenters. The molecule has 0 saturated carbocycles. The molecule has 19 heavy (non-hydrogen) atoms. The zero-order valence-electron chi connectivity index (χ0n) is 10.5. The Morgan fingerprint density at radius 3 is 2.58 bits per heavy atom. The number of carbonyl (C=O) groups excluding carboxylic acids is 1. The largest absolute Gasteiger partial charge is 0.457 e. The summed E-state index contributed by atoms with van der Waals surface area (Å²) in [6.45, 7) is 0. The Labute approximate surface area is 112 Å². The van der Waals surface area contributed by atoms with E-state index in [4.69, 9.17) is 4.74 Å². The lowest BCUT2D eigenvalue weighted by Gasteiger charge is -2.17. The maximum atomic E-state index is 10.8. The molecule has 0 radical (unpaired) electrons. The summed E-state index contributed by atoms with van der Waals surface area (Å²) in [6.07, 6.45) is 4.52. The van der Waals surface area contributed by atoms with E-state index in [9.17, 15) is 4.79 Å². The minimum Gasteiger partial charge on any atom is -0.457 e. The Morgan fingerprint density at radius 2 is 1.79 bits per heavy atom. The van der Waals surface area contributed by atoms with E-state index in [2.05, 4.69) is 0 Å². The van der Waals surface area contributed by atoms with Gasteiger partial charge in [0.25, 0.3) is 0 Å². The maximum Gasteiger partial charge on any atom is 0.146 e. The van der Waals surface area contributed by atoms with Gasteiger partial charge in [-0.15, -0.1) is 0 Å². The summed E-state index contributed by atoms with van der Waals surface area (Å²) in [7, 11) is 0. The van der Waals surface area contributed by atoms with Crippen molar-refractivity contribution in [2.75, 3.05) is 0 Å². The van der Waals surface area contributed by atoms with Gasteiger partial charge < -0.3 is 4.74 Å². The lowest BCUT2D eigenvalue weighted by molar-refractivity contribution is -0.105. The quantitative estimate of drug-likeness (QED) is 0.769. The Balaban J connectivity index is 1.96. The zero-order chi connectivity index (χ0) is 13.1. The number of carbonyl (C=O) groups is 1. The van der Waals surface area contributed by atoms with Gasteiger partial charge in [-0.25, -0.2) is 0 Å². The van der Waals surface area contributed by atoms with Gasteiger partial charge >= 0.3 is 0 Å². The number of allylic oxidation sites excluding steroid dienone is 1. The summed E-state index contributed by atoms with van der Waals surface area (Å²) < 4.78 is 5.93. The lowest BCUT2D eigenvalue weighted by atomic mass is 9.92. The summed E-state index contributed by atoms with van der Waals surface area (Å²) in [6, 6.07) is 15.7. The van der Waals surface area contributed by atoms with Gasteiger partial charge in [0.1, 0.15) is 17.8 Å². The topological polar surface area (TPSA) is 26.3 Å². The molecular weight excluding hydrogens is 236 g/mol. The predicted octanol–water partition coefficient (Wildman–Crippen LogP) is 4.01. The minimum absolute atomic E-state index is 0.783. The third kappa shape index (κ3) is 2.43. The second kappa shape index (κ2) is 5.11. The van der Waals surface area contributed by atoms with Crippen molar-refractivity contribution in [1.82, 2.24) is 0 Å². The van der Waals surface area contributed by atoms with Crippen molar-refractivity contribution in [3.63, 3.8) is 0 Å². The van der Waals surface area contributed by atoms with Crippen LogP contribution in [0.3, 0.4) is 0 Å². The molecule has 0 bridgehead atoms. The van der Waals surface area contributed by atoms with E-state index in [0.29, 0.717) is 0 Å². The maximum absolute atomic E-state index is 10.8. The van der Waals surface area contributed by atoms with Crippen LogP contribution in [0.1, 0.15) is 17.5 Å². The molecule has 0 N–H and O–H groups in total. The van der Waals surface area contributed by atoms with Crippen molar-refractivity contribution in [3.05, 3.63) is 65.2 Å². The third-order valence-corrected chi connectivity index (χ3v) is 3.30. The summed E-state index contributed by atoms with van der Waals surface area (Å²) in [5.41, 5.74) is 3.11. The summed E-state index contributed by atoms with van der Waals surface area (Å²) in [5, 5.41) is 0. The van der Waals surface area contributed by atoms with Gasteiger partial charge in [0.05, 0.1) is 0 Å².